The van der Waals surface area contributed by atoms with Gasteiger partial charge in [0.1, 0.15) is 5.69 Å². The summed E-state index contributed by atoms with van der Waals surface area (Å²) in [5, 5.41) is 25.1. The lowest BCUT2D eigenvalue weighted by molar-refractivity contribution is 0.0910. The van der Waals surface area contributed by atoms with Gasteiger partial charge >= 0.3 is 0 Å². The minimum Gasteiger partial charge on any atom is -0.501 e. The number of aromatic nitrogens is 3. The van der Waals surface area contributed by atoms with Crippen LogP contribution in [-0.2, 0) is 0 Å². The molecule has 29 heavy (non-hydrogen) atoms. The first-order chi connectivity index (χ1) is 14.0. The highest BCUT2D eigenvalue weighted by Crippen LogP contribution is 2.30. The van der Waals surface area contributed by atoms with Gasteiger partial charge in [-0.25, -0.2) is 4.98 Å². The molecule has 150 valence electrons. The number of carbonyl (C=O) groups is 1. The highest BCUT2D eigenvalue weighted by molar-refractivity contribution is 5.96. The fourth-order valence-corrected chi connectivity index (χ4v) is 3.95. The van der Waals surface area contributed by atoms with Crippen LogP contribution in [-0.4, -0.2) is 37.1 Å². The van der Waals surface area contributed by atoms with Crippen LogP contribution in [0.25, 0.3) is 22.3 Å². The van der Waals surface area contributed by atoms with Gasteiger partial charge in [-0.05, 0) is 37.1 Å². The van der Waals surface area contributed by atoms with Crippen molar-refractivity contribution in [3.8, 4) is 23.1 Å². The van der Waals surface area contributed by atoms with Gasteiger partial charge in [-0.15, -0.1) is 0 Å². The molecule has 3 aromatic rings. The first-order valence-corrected chi connectivity index (χ1v) is 9.99. The molecule has 0 saturated heterocycles. The molecule has 1 saturated carbocycles. The molecule has 1 aliphatic carbocycles. The maximum absolute atomic E-state index is 12.8. The first-order valence-electron chi connectivity index (χ1n) is 9.99. The van der Waals surface area contributed by atoms with Crippen LogP contribution in [0.15, 0.2) is 36.5 Å². The van der Waals surface area contributed by atoms with E-state index in [-0.39, 0.29) is 17.6 Å². The van der Waals surface area contributed by atoms with Gasteiger partial charge in [0.25, 0.3) is 11.8 Å². The predicted molar refractivity (Wildman–Crippen MR) is 110 cm³/mol. The van der Waals surface area contributed by atoms with Crippen molar-refractivity contribution in [1.29, 1.82) is 0 Å². The van der Waals surface area contributed by atoms with E-state index in [9.17, 15) is 15.0 Å². The summed E-state index contributed by atoms with van der Waals surface area (Å²) < 4.78 is 0. The maximum Gasteiger partial charge on any atom is 0.274 e. The molecule has 7 heteroatoms. The van der Waals surface area contributed by atoms with E-state index >= 15 is 0 Å². The lowest BCUT2D eigenvalue weighted by Crippen LogP contribution is -2.39. The SMILES string of the molecule is C[C@@H](NC(=O)c1nc(-c2cc3ccccc3cn2)nc(O)c1O)C1CCCCC1. The summed E-state index contributed by atoms with van der Waals surface area (Å²) in [6, 6.07) is 9.44. The topological polar surface area (TPSA) is 108 Å². The summed E-state index contributed by atoms with van der Waals surface area (Å²) in [5.74, 6) is -1.29. The number of nitrogens with one attached hydrogen (secondary N) is 1. The van der Waals surface area contributed by atoms with Gasteiger partial charge in [0.2, 0.25) is 5.75 Å². The average molecular weight is 392 g/mol. The second-order valence-corrected chi connectivity index (χ2v) is 7.64. The van der Waals surface area contributed by atoms with Gasteiger partial charge in [0.05, 0.1) is 0 Å². The van der Waals surface area contributed by atoms with E-state index in [1.54, 1.807) is 12.3 Å². The highest BCUT2D eigenvalue weighted by atomic mass is 16.3. The van der Waals surface area contributed by atoms with E-state index in [4.69, 9.17) is 0 Å². The number of pyridine rings is 1. The van der Waals surface area contributed by atoms with Crippen molar-refractivity contribution in [3.05, 3.63) is 42.2 Å². The predicted octanol–water partition coefficient (Wildman–Crippen LogP) is 3.80. The minimum atomic E-state index is -0.638. The summed E-state index contributed by atoms with van der Waals surface area (Å²) in [6.07, 6.45) is 7.41. The molecule has 1 amide bonds. The van der Waals surface area contributed by atoms with Crippen molar-refractivity contribution < 1.29 is 15.0 Å². The molecule has 0 unspecified atom stereocenters. The normalized spacial score (nSPS) is 15.9. The summed E-state index contributed by atoms with van der Waals surface area (Å²) in [4.78, 5) is 25.2. The fraction of sp³-hybridized carbons (Fsp3) is 0.364. The van der Waals surface area contributed by atoms with Crippen LogP contribution in [0, 0.1) is 5.92 Å². The number of rotatable bonds is 4. The van der Waals surface area contributed by atoms with Crippen LogP contribution in [0.2, 0.25) is 0 Å². The molecule has 1 fully saturated rings. The molecule has 1 aliphatic rings. The molecule has 0 radical (unpaired) electrons. The van der Waals surface area contributed by atoms with E-state index in [0.717, 1.165) is 23.6 Å². The Bertz CT molecular complexity index is 1050. The molecule has 2 heterocycles. The van der Waals surface area contributed by atoms with Gasteiger partial charge < -0.3 is 15.5 Å². The van der Waals surface area contributed by atoms with Crippen LogP contribution in [0.5, 0.6) is 11.6 Å². The lowest BCUT2D eigenvalue weighted by atomic mass is 9.84. The molecular weight excluding hydrogens is 368 g/mol. The zero-order valence-corrected chi connectivity index (χ0v) is 16.3. The third-order valence-electron chi connectivity index (χ3n) is 5.66. The number of nitrogens with zero attached hydrogens (tertiary/aromatic N) is 3. The fourth-order valence-electron chi connectivity index (χ4n) is 3.95. The summed E-state index contributed by atoms with van der Waals surface area (Å²) >= 11 is 0. The van der Waals surface area contributed by atoms with Crippen LogP contribution >= 0.6 is 0 Å². The number of aromatic hydroxyl groups is 2. The van der Waals surface area contributed by atoms with E-state index in [1.165, 1.54) is 19.3 Å². The third kappa shape index (κ3) is 3.99. The molecule has 0 aliphatic heterocycles. The van der Waals surface area contributed by atoms with Crippen molar-refractivity contribution >= 4 is 16.7 Å². The Morgan fingerprint density at radius 3 is 2.59 bits per heavy atom. The molecular formula is C22H24N4O3. The van der Waals surface area contributed by atoms with Crippen molar-refractivity contribution in [1.82, 2.24) is 20.3 Å². The number of carbonyl (C=O) groups excluding carboxylic acids is 1. The number of fused-ring (bicyclic) bond motifs is 1. The van der Waals surface area contributed by atoms with E-state index in [2.05, 4.69) is 20.3 Å². The van der Waals surface area contributed by atoms with Gasteiger partial charge in [-0.2, -0.15) is 4.98 Å². The molecule has 7 nitrogen and oxygen atoms in total. The molecule has 0 bridgehead atoms. The lowest BCUT2D eigenvalue weighted by Gasteiger charge is -2.28. The van der Waals surface area contributed by atoms with E-state index in [0.29, 0.717) is 11.6 Å². The second-order valence-electron chi connectivity index (χ2n) is 7.64. The highest BCUT2D eigenvalue weighted by Gasteiger charge is 2.26. The number of benzene rings is 1. The van der Waals surface area contributed by atoms with Crippen molar-refractivity contribution in [2.24, 2.45) is 5.92 Å². The zero-order chi connectivity index (χ0) is 20.4. The van der Waals surface area contributed by atoms with E-state index < -0.39 is 17.5 Å². The van der Waals surface area contributed by atoms with Crippen LogP contribution in [0.3, 0.4) is 0 Å². The van der Waals surface area contributed by atoms with Crippen LogP contribution in [0.4, 0.5) is 0 Å². The Morgan fingerprint density at radius 2 is 1.83 bits per heavy atom. The van der Waals surface area contributed by atoms with Gasteiger partial charge in [-0.1, -0.05) is 43.5 Å². The monoisotopic (exact) mass is 392 g/mol. The Labute approximate surface area is 168 Å². The molecule has 1 atom stereocenters. The molecule has 4 rings (SSSR count). The Morgan fingerprint density at radius 1 is 1.10 bits per heavy atom. The number of hydrogen-bond donors (Lipinski definition) is 3. The molecule has 0 spiro atoms. The van der Waals surface area contributed by atoms with Crippen LogP contribution < -0.4 is 5.32 Å². The Kier molecular flexibility index (Phi) is 5.29. The average Bonchev–Trinajstić information content (AvgIpc) is 2.75. The quantitative estimate of drug-likeness (QED) is 0.623. The van der Waals surface area contributed by atoms with Gasteiger partial charge in [-0.3, -0.25) is 9.78 Å². The van der Waals surface area contributed by atoms with Crippen LogP contribution in [0.1, 0.15) is 49.5 Å². The standard InChI is InChI=1S/C22H24N4O3/c1-13(14-7-3-2-4-8-14)24-21(28)18-19(27)22(29)26-20(25-18)17-11-15-9-5-6-10-16(15)12-23-17/h5-6,9-14,27H,2-4,7-8H2,1H3,(H,24,28)(H,25,26,29)/t13-/m1/s1. The number of amides is 1. The third-order valence-corrected chi connectivity index (χ3v) is 5.66. The molecule has 2 aromatic heterocycles. The Balaban J connectivity index is 1.63. The summed E-state index contributed by atoms with van der Waals surface area (Å²) in [6.45, 7) is 1.97. The maximum atomic E-state index is 12.8. The van der Waals surface area contributed by atoms with Gasteiger partial charge in [0.15, 0.2) is 11.5 Å². The zero-order valence-electron chi connectivity index (χ0n) is 16.3. The van der Waals surface area contributed by atoms with Crippen molar-refractivity contribution in [2.45, 2.75) is 45.1 Å². The second kappa shape index (κ2) is 8.03. The Hall–Kier alpha value is -3.22. The van der Waals surface area contributed by atoms with Crippen molar-refractivity contribution in [3.63, 3.8) is 0 Å². The summed E-state index contributed by atoms with van der Waals surface area (Å²) in [7, 11) is 0. The van der Waals surface area contributed by atoms with E-state index in [1.807, 2.05) is 31.2 Å². The molecule has 1 aromatic carbocycles. The smallest absolute Gasteiger partial charge is 0.274 e. The number of hydrogen-bond acceptors (Lipinski definition) is 6. The van der Waals surface area contributed by atoms with Crippen molar-refractivity contribution in [2.75, 3.05) is 0 Å². The van der Waals surface area contributed by atoms with Gasteiger partial charge in [0, 0.05) is 17.6 Å². The molecule has 3 N–H and O–H groups in total. The first kappa shape index (κ1) is 19.1. The minimum absolute atomic E-state index is 0.0402. The summed E-state index contributed by atoms with van der Waals surface area (Å²) in [5.41, 5.74) is 0.165. The largest absolute Gasteiger partial charge is 0.501 e.